The van der Waals surface area contributed by atoms with Crippen molar-refractivity contribution >= 4 is 17.5 Å². The van der Waals surface area contributed by atoms with Crippen molar-refractivity contribution < 1.29 is 0 Å². The van der Waals surface area contributed by atoms with E-state index < -0.39 is 0 Å². The predicted octanol–water partition coefficient (Wildman–Crippen LogP) is 1.78. The van der Waals surface area contributed by atoms with Gasteiger partial charge < -0.3 is 14.7 Å². The number of benzene rings is 1. The SMILES string of the molecule is CCN(c1ccccc1)c1cnnc(N2CCN(C)CC2)n1. The van der Waals surface area contributed by atoms with Gasteiger partial charge in [0.05, 0.1) is 6.20 Å². The highest BCUT2D eigenvalue weighted by Gasteiger charge is 2.18. The van der Waals surface area contributed by atoms with Crippen LogP contribution >= 0.6 is 0 Å². The molecule has 1 aromatic heterocycles. The van der Waals surface area contributed by atoms with E-state index in [2.05, 4.69) is 51.0 Å². The zero-order chi connectivity index (χ0) is 15.4. The average Bonchev–Trinajstić information content (AvgIpc) is 2.57. The second-order valence-corrected chi connectivity index (χ2v) is 5.48. The molecule has 0 atom stereocenters. The first-order valence-electron chi connectivity index (χ1n) is 7.73. The normalized spacial score (nSPS) is 15.8. The van der Waals surface area contributed by atoms with Crippen molar-refractivity contribution in [3.63, 3.8) is 0 Å². The highest BCUT2D eigenvalue weighted by molar-refractivity contribution is 5.59. The van der Waals surface area contributed by atoms with Gasteiger partial charge in [-0.1, -0.05) is 18.2 Å². The Morgan fingerprint density at radius 3 is 2.50 bits per heavy atom. The molecular formula is C16H22N6. The van der Waals surface area contributed by atoms with Crippen molar-refractivity contribution in [1.29, 1.82) is 0 Å². The Morgan fingerprint density at radius 1 is 1.09 bits per heavy atom. The van der Waals surface area contributed by atoms with E-state index in [4.69, 9.17) is 4.98 Å². The first-order chi connectivity index (χ1) is 10.8. The van der Waals surface area contributed by atoms with Gasteiger partial charge in [-0.25, -0.2) is 0 Å². The summed E-state index contributed by atoms with van der Waals surface area (Å²) in [6.45, 7) is 6.90. The molecule has 6 heteroatoms. The number of rotatable bonds is 4. The van der Waals surface area contributed by atoms with Crippen molar-refractivity contribution in [3.8, 4) is 0 Å². The fraction of sp³-hybridized carbons (Fsp3) is 0.438. The molecule has 0 N–H and O–H groups in total. The van der Waals surface area contributed by atoms with E-state index in [-0.39, 0.29) is 0 Å². The number of aromatic nitrogens is 3. The van der Waals surface area contributed by atoms with Crippen molar-refractivity contribution in [2.75, 3.05) is 49.6 Å². The highest BCUT2D eigenvalue weighted by Crippen LogP contribution is 2.23. The third kappa shape index (κ3) is 3.17. The van der Waals surface area contributed by atoms with Gasteiger partial charge in [-0.2, -0.15) is 10.1 Å². The first-order valence-corrected chi connectivity index (χ1v) is 7.73. The predicted molar refractivity (Wildman–Crippen MR) is 88.7 cm³/mol. The summed E-state index contributed by atoms with van der Waals surface area (Å²) in [7, 11) is 2.14. The standard InChI is InChI=1S/C16H22N6/c1-3-22(14-7-5-4-6-8-14)15-13-17-19-16(18-15)21-11-9-20(2)10-12-21/h4-8,13H,3,9-12H2,1-2H3. The van der Waals surface area contributed by atoms with Crippen LogP contribution < -0.4 is 9.80 Å². The molecule has 6 nitrogen and oxygen atoms in total. The molecule has 0 unspecified atom stereocenters. The number of likely N-dealkylation sites (N-methyl/N-ethyl adjacent to an activating group) is 1. The third-order valence-electron chi connectivity index (χ3n) is 3.98. The number of anilines is 3. The summed E-state index contributed by atoms with van der Waals surface area (Å²) in [5, 5.41) is 8.38. The molecule has 0 aliphatic carbocycles. The second kappa shape index (κ2) is 6.70. The van der Waals surface area contributed by atoms with Crippen molar-refractivity contribution in [2.45, 2.75) is 6.92 Å². The number of piperazine rings is 1. The van der Waals surface area contributed by atoms with Gasteiger partial charge >= 0.3 is 0 Å². The summed E-state index contributed by atoms with van der Waals surface area (Å²) < 4.78 is 0. The molecule has 1 saturated heterocycles. The first kappa shape index (κ1) is 14.7. The van der Waals surface area contributed by atoms with Crippen molar-refractivity contribution in [2.24, 2.45) is 0 Å². The molecule has 0 spiro atoms. The smallest absolute Gasteiger partial charge is 0.247 e. The molecule has 1 aliphatic rings. The Bertz CT molecular complexity index is 595. The quantitative estimate of drug-likeness (QED) is 0.857. The summed E-state index contributed by atoms with van der Waals surface area (Å²) in [6.07, 6.45) is 1.73. The van der Waals surface area contributed by atoms with E-state index in [1.54, 1.807) is 6.20 Å². The lowest BCUT2D eigenvalue weighted by atomic mass is 10.3. The number of nitrogens with zero attached hydrogens (tertiary/aromatic N) is 6. The molecule has 1 aromatic carbocycles. The minimum atomic E-state index is 0.722. The Kier molecular flexibility index (Phi) is 4.48. The second-order valence-electron chi connectivity index (χ2n) is 5.48. The van der Waals surface area contributed by atoms with E-state index in [9.17, 15) is 0 Å². The monoisotopic (exact) mass is 298 g/mol. The van der Waals surface area contributed by atoms with Gasteiger partial charge in [0, 0.05) is 38.4 Å². The molecule has 0 radical (unpaired) electrons. The maximum Gasteiger partial charge on any atom is 0.247 e. The van der Waals surface area contributed by atoms with Crippen LogP contribution in [-0.2, 0) is 0 Å². The van der Waals surface area contributed by atoms with E-state index in [0.717, 1.165) is 50.2 Å². The van der Waals surface area contributed by atoms with Gasteiger partial charge in [0.2, 0.25) is 5.95 Å². The van der Waals surface area contributed by atoms with Gasteiger partial charge in [-0.15, -0.1) is 5.10 Å². The molecule has 1 fully saturated rings. The van der Waals surface area contributed by atoms with Crippen LogP contribution in [0.3, 0.4) is 0 Å². The van der Waals surface area contributed by atoms with Gasteiger partial charge in [0.25, 0.3) is 0 Å². The number of hydrogen-bond donors (Lipinski definition) is 0. The van der Waals surface area contributed by atoms with Crippen LogP contribution in [0.5, 0.6) is 0 Å². The van der Waals surface area contributed by atoms with Crippen LogP contribution in [0.4, 0.5) is 17.5 Å². The maximum absolute atomic E-state index is 4.73. The Balaban J connectivity index is 1.84. The zero-order valence-corrected chi connectivity index (χ0v) is 13.2. The summed E-state index contributed by atoms with van der Waals surface area (Å²) >= 11 is 0. The lowest BCUT2D eigenvalue weighted by Crippen LogP contribution is -2.45. The van der Waals surface area contributed by atoms with Crippen LogP contribution in [0, 0.1) is 0 Å². The molecule has 2 heterocycles. The van der Waals surface area contributed by atoms with E-state index in [1.165, 1.54) is 0 Å². The van der Waals surface area contributed by atoms with Crippen molar-refractivity contribution in [1.82, 2.24) is 20.1 Å². The van der Waals surface area contributed by atoms with E-state index in [0.29, 0.717) is 0 Å². The van der Waals surface area contributed by atoms with Crippen LogP contribution in [0.2, 0.25) is 0 Å². The molecule has 116 valence electrons. The minimum Gasteiger partial charge on any atom is -0.337 e. The Morgan fingerprint density at radius 2 is 1.82 bits per heavy atom. The lowest BCUT2D eigenvalue weighted by molar-refractivity contribution is 0.311. The van der Waals surface area contributed by atoms with Gasteiger partial charge in [-0.05, 0) is 26.1 Å². The topological polar surface area (TPSA) is 48.4 Å². The molecule has 0 amide bonds. The molecule has 22 heavy (non-hydrogen) atoms. The van der Waals surface area contributed by atoms with Crippen LogP contribution in [0.25, 0.3) is 0 Å². The maximum atomic E-state index is 4.73. The van der Waals surface area contributed by atoms with Gasteiger partial charge in [-0.3, -0.25) is 0 Å². The molecule has 0 bridgehead atoms. The van der Waals surface area contributed by atoms with E-state index >= 15 is 0 Å². The van der Waals surface area contributed by atoms with Crippen LogP contribution in [0.15, 0.2) is 36.5 Å². The molecule has 3 rings (SSSR count). The molecule has 0 saturated carbocycles. The van der Waals surface area contributed by atoms with E-state index in [1.807, 2.05) is 18.2 Å². The molecule has 1 aliphatic heterocycles. The van der Waals surface area contributed by atoms with Gasteiger partial charge in [0.1, 0.15) is 0 Å². The summed E-state index contributed by atoms with van der Waals surface area (Å²) in [5.41, 5.74) is 1.12. The third-order valence-corrected chi connectivity index (χ3v) is 3.98. The minimum absolute atomic E-state index is 0.722. The molecule has 2 aromatic rings. The van der Waals surface area contributed by atoms with Crippen molar-refractivity contribution in [3.05, 3.63) is 36.5 Å². The largest absolute Gasteiger partial charge is 0.337 e. The fourth-order valence-corrected chi connectivity index (χ4v) is 2.64. The van der Waals surface area contributed by atoms with Crippen LogP contribution in [0.1, 0.15) is 6.92 Å². The Labute approximate surface area is 131 Å². The van der Waals surface area contributed by atoms with Gasteiger partial charge in [0.15, 0.2) is 5.82 Å². The molecular weight excluding hydrogens is 276 g/mol. The number of hydrogen-bond acceptors (Lipinski definition) is 6. The highest BCUT2D eigenvalue weighted by atomic mass is 15.4. The summed E-state index contributed by atoms with van der Waals surface area (Å²) in [5.74, 6) is 1.57. The average molecular weight is 298 g/mol. The zero-order valence-electron chi connectivity index (χ0n) is 13.2. The Hall–Kier alpha value is -2.21. The summed E-state index contributed by atoms with van der Waals surface area (Å²) in [6, 6.07) is 10.3. The van der Waals surface area contributed by atoms with Crippen LogP contribution in [-0.4, -0.2) is 59.9 Å². The fourth-order valence-electron chi connectivity index (χ4n) is 2.64. The lowest BCUT2D eigenvalue weighted by Gasteiger charge is -2.32. The number of para-hydroxylation sites is 1. The summed E-state index contributed by atoms with van der Waals surface area (Å²) in [4.78, 5) is 11.4.